The van der Waals surface area contributed by atoms with Gasteiger partial charge in [-0.25, -0.2) is 38.2 Å². The SMILES string of the molecule is Cc1c(Oc2ccn3ncnc3c2)ccc(Nc2ncnc3cnc(C4=C[C@H](C)N(C(=O)C(F)Cl)CC4)nc23)c1F. The average Bonchev–Trinajstić information content (AvgIpc) is 3.44. The molecule has 5 aromatic rings. The summed E-state index contributed by atoms with van der Waals surface area (Å²) >= 11 is 5.35. The van der Waals surface area contributed by atoms with E-state index in [0.717, 1.165) is 5.57 Å². The summed E-state index contributed by atoms with van der Waals surface area (Å²) in [5.41, 5.74) is 0.579. The van der Waals surface area contributed by atoms with Gasteiger partial charge >= 0.3 is 0 Å². The summed E-state index contributed by atoms with van der Waals surface area (Å²) in [5.74, 6) is 0.220. The molecule has 14 heteroatoms. The van der Waals surface area contributed by atoms with Gasteiger partial charge < -0.3 is 15.0 Å². The minimum atomic E-state index is -2.09. The van der Waals surface area contributed by atoms with Gasteiger partial charge in [-0.15, -0.1) is 0 Å². The van der Waals surface area contributed by atoms with Crippen LogP contribution in [-0.2, 0) is 4.79 Å². The summed E-state index contributed by atoms with van der Waals surface area (Å²) in [6.07, 6.45) is 8.22. The van der Waals surface area contributed by atoms with Crippen molar-refractivity contribution >= 4 is 51.3 Å². The van der Waals surface area contributed by atoms with Crippen molar-refractivity contribution in [3.63, 3.8) is 0 Å². The van der Waals surface area contributed by atoms with Crippen LogP contribution in [0.4, 0.5) is 20.3 Å². The highest BCUT2D eigenvalue weighted by atomic mass is 35.5. The molecule has 0 bridgehead atoms. The fourth-order valence-corrected chi connectivity index (χ4v) is 4.75. The van der Waals surface area contributed by atoms with Crippen LogP contribution >= 0.6 is 11.6 Å². The maximum absolute atomic E-state index is 15.5. The van der Waals surface area contributed by atoms with Gasteiger partial charge in [-0.1, -0.05) is 17.7 Å². The zero-order valence-electron chi connectivity index (χ0n) is 21.8. The molecule has 1 unspecified atom stereocenters. The predicted molar refractivity (Wildman–Crippen MR) is 147 cm³/mol. The quantitative estimate of drug-likeness (QED) is 0.278. The van der Waals surface area contributed by atoms with E-state index in [9.17, 15) is 9.18 Å². The van der Waals surface area contributed by atoms with Crippen molar-refractivity contribution in [2.45, 2.75) is 31.9 Å². The average molecular weight is 578 g/mol. The third-order valence-corrected chi connectivity index (χ3v) is 6.95. The van der Waals surface area contributed by atoms with E-state index >= 15 is 4.39 Å². The molecule has 0 radical (unpaired) electrons. The summed E-state index contributed by atoms with van der Waals surface area (Å²) in [6, 6.07) is 6.22. The molecule has 0 spiro atoms. The molecule has 208 valence electrons. The Kier molecular flexibility index (Phi) is 6.87. The highest BCUT2D eigenvalue weighted by Gasteiger charge is 2.29. The molecule has 0 saturated carbocycles. The zero-order valence-corrected chi connectivity index (χ0v) is 22.5. The van der Waals surface area contributed by atoms with Crippen LogP contribution in [0, 0.1) is 12.7 Å². The maximum Gasteiger partial charge on any atom is 0.273 e. The number of benzene rings is 1. The molecule has 1 aliphatic heterocycles. The van der Waals surface area contributed by atoms with E-state index in [1.807, 2.05) is 0 Å². The molecule has 0 fully saturated rings. The number of nitrogens with one attached hydrogen (secondary N) is 1. The number of fused-ring (bicyclic) bond motifs is 2. The van der Waals surface area contributed by atoms with Gasteiger partial charge in [-0.3, -0.25) is 4.79 Å². The molecule has 5 heterocycles. The minimum Gasteiger partial charge on any atom is -0.457 e. The molecule has 1 N–H and O–H groups in total. The first-order valence-electron chi connectivity index (χ1n) is 12.6. The number of alkyl halides is 2. The largest absolute Gasteiger partial charge is 0.457 e. The lowest BCUT2D eigenvalue weighted by molar-refractivity contribution is -0.134. The number of nitrogens with zero attached hydrogens (tertiary/aromatic N) is 8. The summed E-state index contributed by atoms with van der Waals surface area (Å²) in [7, 11) is 0. The van der Waals surface area contributed by atoms with E-state index in [2.05, 4.69) is 35.3 Å². The second kappa shape index (κ2) is 10.7. The molecule has 1 aliphatic rings. The third-order valence-electron chi connectivity index (χ3n) is 6.76. The van der Waals surface area contributed by atoms with Crippen LogP contribution in [-0.4, -0.2) is 63.6 Å². The van der Waals surface area contributed by atoms with Crippen molar-refractivity contribution in [2.24, 2.45) is 0 Å². The number of amides is 1. The lowest BCUT2D eigenvalue weighted by Crippen LogP contribution is -2.43. The molecule has 0 aliphatic carbocycles. The Bertz CT molecular complexity index is 1830. The first-order chi connectivity index (χ1) is 19.8. The smallest absolute Gasteiger partial charge is 0.273 e. The normalized spacial score (nSPS) is 16.1. The van der Waals surface area contributed by atoms with Gasteiger partial charge in [0, 0.05) is 30.4 Å². The number of rotatable bonds is 6. The highest BCUT2D eigenvalue weighted by molar-refractivity contribution is 6.29. The van der Waals surface area contributed by atoms with Crippen molar-refractivity contribution in [3.05, 3.63) is 72.6 Å². The third kappa shape index (κ3) is 5.11. The standard InChI is InChI=1S/C27H22ClF2N9O2/c1-14-9-16(5-7-38(14)27(40)24(28)30)25-31-11-19-23(37-25)26(34-12-32-19)36-18-3-4-20(15(2)22(18)29)41-17-6-8-39-21(10-17)33-13-35-39/h3-4,6,8-14,24H,5,7H2,1-2H3,(H,32,34,36)/t14-,24?/m0/s1. The van der Waals surface area contributed by atoms with E-state index in [0.29, 0.717) is 40.4 Å². The van der Waals surface area contributed by atoms with Crippen LogP contribution in [0.15, 0.2) is 55.4 Å². The van der Waals surface area contributed by atoms with E-state index < -0.39 is 23.4 Å². The highest BCUT2D eigenvalue weighted by Crippen LogP contribution is 2.33. The van der Waals surface area contributed by atoms with Gasteiger partial charge in [-0.05, 0) is 44.0 Å². The monoisotopic (exact) mass is 577 g/mol. The minimum absolute atomic E-state index is 0.171. The molecule has 1 amide bonds. The van der Waals surface area contributed by atoms with Crippen molar-refractivity contribution in [1.29, 1.82) is 0 Å². The summed E-state index contributed by atoms with van der Waals surface area (Å²) in [4.78, 5) is 35.1. The molecular formula is C27H22ClF2N9O2. The second-order valence-corrected chi connectivity index (χ2v) is 9.75. The molecule has 1 aromatic carbocycles. The second-order valence-electron chi connectivity index (χ2n) is 9.37. The number of ether oxygens (including phenoxy) is 1. The van der Waals surface area contributed by atoms with E-state index in [1.165, 1.54) is 17.6 Å². The van der Waals surface area contributed by atoms with Crippen molar-refractivity contribution < 1.29 is 18.3 Å². The molecule has 4 aromatic heterocycles. The van der Waals surface area contributed by atoms with E-state index in [1.54, 1.807) is 61.1 Å². The number of carbonyl (C=O) groups excluding carboxylic acids is 1. The topological polar surface area (TPSA) is 123 Å². The van der Waals surface area contributed by atoms with Gasteiger partial charge in [-0.2, -0.15) is 5.10 Å². The van der Waals surface area contributed by atoms with Gasteiger partial charge in [0.05, 0.1) is 11.9 Å². The van der Waals surface area contributed by atoms with Gasteiger partial charge in [0.25, 0.3) is 11.5 Å². The molecule has 2 atom stereocenters. The van der Waals surface area contributed by atoms with Crippen LogP contribution < -0.4 is 10.1 Å². The zero-order chi connectivity index (χ0) is 28.7. The van der Waals surface area contributed by atoms with Crippen molar-refractivity contribution in [2.75, 3.05) is 11.9 Å². The fourth-order valence-electron chi connectivity index (χ4n) is 4.62. The molecule has 0 saturated heterocycles. The van der Waals surface area contributed by atoms with E-state index in [-0.39, 0.29) is 23.6 Å². The summed E-state index contributed by atoms with van der Waals surface area (Å²) < 4.78 is 36.4. The number of anilines is 2. The molecule has 6 rings (SSSR count). The Morgan fingerprint density at radius 2 is 2.05 bits per heavy atom. The Morgan fingerprint density at radius 1 is 1.20 bits per heavy atom. The van der Waals surface area contributed by atoms with Gasteiger partial charge in [0.2, 0.25) is 0 Å². The van der Waals surface area contributed by atoms with Gasteiger partial charge in [0.15, 0.2) is 23.1 Å². The Morgan fingerprint density at radius 3 is 2.85 bits per heavy atom. The number of pyridine rings is 1. The van der Waals surface area contributed by atoms with Gasteiger partial charge in [0.1, 0.15) is 35.2 Å². The molecule has 11 nitrogen and oxygen atoms in total. The number of hydrogen-bond donors (Lipinski definition) is 1. The lowest BCUT2D eigenvalue weighted by Gasteiger charge is -2.32. The molecular weight excluding hydrogens is 556 g/mol. The number of halogens is 3. The van der Waals surface area contributed by atoms with Crippen LogP contribution in [0.25, 0.3) is 22.3 Å². The number of hydrogen-bond acceptors (Lipinski definition) is 9. The first kappa shape index (κ1) is 26.4. The summed E-state index contributed by atoms with van der Waals surface area (Å²) in [6.45, 7) is 3.64. The Labute approximate surface area is 236 Å². The molecule has 41 heavy (non-hydrogen) atoms. The van der Waals surface area contributed by atoms with Crippen LogP contribution in [0.3, 0.4) is 0 Å². The fraction of sp³-hybridized carbons (Fsp3) is 0.222. The van der Waals surface area contributed by atoms with Crippen LogP contribution in [0.5, 0.6) is 11.5 Å². The van der Waals surface area contributed by atoms with E-state index in [4.69, 9.17) is 16.3 Å². The van der Waals surface area contributed by atoms with Crippen LogP contribution in [0.1, 0.15) is 24.7 Å². The first-order valence-corrected chi connectivity index (χ1v) is 13.0. The number of carbonyl (C=O) groups is 1. The Hall–Kier alpha value is -4.78. The van der Waals surface area contributed by atoms with Crippen molar-refractivity contribution in [3.8, 4) is 11.5 Å². The Balaban J connectivity index is 1.27. The number of aromatic nitrogens is 7. The van der Waals surface area contributed by atoms with Crippen LogP contribution in [0.2, 0.25) is 0 Å². The maximum atomic E-state index is 15.5. The predicted octanol–water partition coefficient (Wildman–Crippen LogP) is 4.98. The van der Waals surface area contributed by atoms with Crippen molar-refractivity contribution in [1.82, 2.24) is 39.4 Å². The lowest BCUT2D eigenvalue weighted by atomic mass is 10.0. The summed E-state index contributed by atoms with van der Waals surface area (Å²) in [5, 5.41) is 7.07.